The van der Waals surface area contributed by atoms with E-state index in [1.807, 2.05) is 36.4 Å². The Balaban J connectivity index is 3.22. The molecule has 7 heteroatoms. The van der Waals surface area contributed by atoms with Gasteiger partial charge in [-0.2, -0.15) is 9.40 Å². The van der Waals surface area contributed by atoms with Crippen molar-refractivity contribution >= 4 is 32.6 Å². The molecule has 1 aromatic heterocycles. The summed E-state index contributed by atoms with van der Waals surface area (Å²) in [7, 11) is -1.64. The lowest BCUT2D eigenvalue weighted by Gasteiger charge is -2.17. The van der Waals surface area contributed by atoms with E-state index in [1.54, 1.807) is 11.7 Å². The van der Waals surface area contributed by atoms with Crippen LogP contribution in [0.5, 0.6) is 0 Å². The Hall–Kier alpha value is -0.150. The lowest BCUT2D eigenvalue weighted by Crippen LogP contribution is -2.30. The summed E-state index contributed by atoms with van der Waals surface area (Å²) in [5, 5.41) is 3.94. The van der Waals surface area contributed by atoms with Gasteiger partial charge in [0.05, 0.1) is 6.20 Å². The van der Waals surface area contributed by atoms with Gasteiger partial charge in [-0.3, -0.25) is 4.68 Å². The lowest BCUT2D eigenvalue weighted by atomic mass is 10.7. The monoisotopic (exact) mass is 343 g/mol. The summed E-state index contributed by atoms with van der Waals surface area (Å²) >= 11 is 1.99. The van der Waals surface area contributed by atoms with Crippen molar-refractivity contribution in [3.8, 4) is 0 Å². The minimum absolute atomic E-state index is 0.286. The molecule has 0 saturated carbocycles. The summed E-state index contributed by atoms with van der Waals surface area (Å²) in [5.74, 6) is 0. The molecular formula is C8H14IN3O2S. The van der Waals surface area contributed by atoms with Crippen molar-refractivity contribution in [1.29, 1.82) is 0 Å². The molecule has 15 heavy (non-hydrogen) atoms. The molecule has 1 heterocycles. The van der Waals surface area contributed by atoms with Crippen LogP contribution in [0.3, 0.4) is 0 Å². The molecule has 0 N–H and O–H groups in total. The van der Waals surface area contributed by atoms with Gasteiger partial charge < -0.3 is 0 Å². The van der Waals surface area contributed by atoms with Crippen LogP contribution in [0.25, 0.3) is 0 Å². The third-order valence-corrected chi connectivity index (χ3v) is 5.85. The average molecular weight is 343 g/mol. The highest BCUT2D eigenvalue weighted by Crippen LogP contribution is 2.20. The van der Waals surface area contributed by atoms with Gasteiger partial charge >= 0.3 is 0 Å². The van der Waals surface area contributed by atoms with Crippen molar-refractivity contribution in [3.63, 3.8) is 0 Å². The quantitative estimate of drug-likeness (QED) is 0.768. The van der Waals surface area contributed by atoms with Gasteiger partial charge in [0.15, 0.2) is 0 Å². The van der Waals surface area contributed by atoms with Crippen LogP contribution in [0.2, 0.25) is 0 Å². The van der Waals surface area contributed by atoms with E-state index in [9.17, 15) is 8.42 Å². The number of nitrogens with zero attached hydrogens (tertiary/aromatic N) is 3. The third-order valence-electron chi connectivity index (χ3n) is 2.16. The maximum absolute atomic E-state index is 12.1. The maximum atomic E-state index is 12.1. The Morgan fingerprint density at radius 2 is 2.00 bits per heavy atom. The minimum atomic E-state index is -3.37. The smallest absolute Gasteiger partial charge is 0.247 e. The normalized spacial score (nSPS) is 12.3. The Bertz CT molecular complexity index is 437. The summed E-state index contributed by atoms with van der Waals surface area (Å²) in [6.07, 6.45) is 1.40. The molecule has 0 aliphatic heterocycles. The molecule has 0 aliphatic carbocycles. The van der Waals surface area contributed by atoms with Crippen LogP contribution in [0.15, 0.2) is 11.1 Å². The molecule has 1 aromatic rings. The summed E-state index contributed by atoms with van der Waals surface area (Å²) in [6, 6.07) is 0. The molecule has 0 unspecified atom stereocenters. The van der Waals surface area contributed by atoms with Crippen molar-refractivity contribution in [3.05, 3.63) is 9.90 Å². The predicted molar refractivity (Wildman–Crippen MR) is 66.0 cm³/mol. The van der Waals surface area contributed by atoms with E-state index in [2.05, 4.69) is 5.10 Å². The first-order valence-electron chi connectivity index (χ1n) is 4.62. The second-order valence-electron chi connectivity index (χ2n) is 3.01. The van der Waals surface area contributed by atoms with E-state index in [-0.39, 0.29) is 4.90 Å². The minimum Gasteiger partial charge on any atom is -0.261 e. The van der Waals surface area contributed by atoms with Crippen molar-refractivity contribution in [1.82, 2.24) is 14.1 Å². The highest BCUT2D eigenvalue weighted by atomic mass is 127. The Labute approximate surface area is 104 Å². The van der Waals surface area contributed by atoms with Crippen LogP contribution in [-0.2, 0) is 17.1 Å². The standard InChI is InChI=1S/C8H14IN3O2S/c1-4-12(5-2)15(13,14)7-6-10-11(3)8(7)9/h6H,4-5H2,1-3H3. The zero-order valence-electron chi connectivity index (χ0n) is 8.94. The fourth-order valence-corrected chi connectivity index (χ4v) is 3.86. The molecule has 0 spiro atoms. The summed E-state index contributed by atoms with van der Waals surface area (Å²) in [6.45, 7) is 4.60. The van der Waals surface area contributed by atoms with Crippen molar-refractivity contribution < 1.29 is 8.42 Å². The van der Waals surface area contributed by atoms with Gasteiger partial charge in [-0.1, -0.05) is 13.8 Å². The summed E-state index contributed by atoms with van der Waals surface area (Å²) in [5.41, 5.74) is 0. The molecule has 0 aliphatic rings. The molecule has 1 rings (SSSR count). The predicted octanol–water partition coefficient (Wildman–Crippen LogP) is 1.06. The molecular weight excluding hydrogens is 329 g/mol. The SMILES string of the molecule is CCN(CC)S(=O)(=O)c1cnn(C)c1I. The highest BCUT2D eigenvalue weighted by molar-refractivity contribution is 14.1. The van der Waals surface area contributed by atoms with Gasteiger partial charge in [0.2, 0.25) is 10.0 Å². The lowest BCUT2D eigenvalue weighted by molar-refractivity contribution is 0.444. The maximum Gasteiger partial charge on any atom is 0.247 e. The van der Waals surface area contributed by atoms with Gasteiger partial charge in [-0.05, 0) is 22.6 Å². The Morgan fingerprint density at radius 1 is 1.47 bits per heavy atom. The van der Waals surface area contributed by atoms with Crippen LogP contribution >= 0.6 is 22.6 Å². The van der Waals surface area contributed by atoms with Gasteiger partial charge in [-0.25, -0.2) is 8.42 Å². The molecule has 5 nitrogen and oxygen atoms in total. The van der Waals surface area contributed by atoms with Gasteiger partial charge in [-0.15, -0.1) is 0 Å². The fraction of sp³-hybridized carbons (Fsp3) is 0.625. The number of aromatic nitrogens is 2. The van der Waals surface area contributed by atoms with E-state index in [0.717, 1.165) is 0 Å². The number of sulfonamides is 1. The van der Waals surface area contributed by atoms with E-state index in [0.29, 0.717) is 16.8 Å². The fourth-order valence-electron chi connectivity index (χ4n) is 1.28. The van der Waals surface area contributed by atoms with Crippen molar-refractivity contribution in [2.24, 2.45) is 7.05 Å². The number of rotatable bonds is 4. The van der Waals surface area contributed by atoms with Crippen molar-refractivity contribution in [2.75, 3.05) is 13.1 Å². The number of aryl methyl sites for hydroxylation is 1. The molecule has 0 fully saturated rings. The summed E-state index contributed by atoms with van der Waals surface area (Å²) < 4.78 is 27.8. The molecule has 0 saturated heterocycles. The van der Waals surface area contributed by atoms with Gasteiger partial charge in [0, 0.05) is 20.1 Å². The third kappa shape index (κ3) is 2.34. The molecule has 0 aromatic carbocycles. The largest absolute Gasteiger partial charge is 0.261 e. The van der Waals surface area contributed by atoms with Crippen LogP contribution in [0.1, 0.15) is 13.8 Å². The van der Waals surface area contributed by atoms with Crippen LogP contribution < -0.4 is 0 Å². The van der Waals surface area contributed by atoms with E-state index < -0.39 is 10.0 Å². The first kappa shape index (κ1) is 12.9. The number of hydrogen-bond donors (Lipinski definition) is 0. The number of halogens is 1. The second kappa shape index (κ2) is 4.79. The number of hydrogen-bond acceptors (Lipinski definition) is 3. The second-order valence-corrected chi connectivity index (χ2v) is 5.94. The van der Waals surface area contributed by atoms with Crippen LogP contribution in [0.4, 0.5) is 0 Å². The van der Waals surface area contributed by atoms with E-state index in [4.69, 9.17) is 0 Å². The van der Waals surface area contributed by atoms with Crippen LogP contribution in [0, 0.1) is 3.70 Å². The first-order chi connectivity index (χ1) is 6.95. The Kier molecular flexibility index (Phi) is 4.13. The molecule has 86 valence electrons. The van der Waals surface area contributed by atoms with Gasteiger partial charge in [0.1, 0.15) is 8.60 Å². The zero-order chi connectivity index (χ0) is 11.6. The molecule has 0 atom stereocenters. The molecule has 0 radical (unpaired) electrons. The topological polar surface area (TPSA) is 55.2 Å². The highest BCUT2D eigenvalue weighted by Gasteiger charge is 2.26. The van der Waals surface area contributed by atoms with E-state index in [1.165, 1.54) is 10.5 Å². The van der Waals surface area contributed by atoms with Crippen molar-refractivity contribution in [2.45, 2.75) is 18.7 Å². The summed E-state index contributed by atoms with van der Waals surface area (Å²) in [4.78, 5) is 0.286. The molecule has 0 bridgehead atoms. The first-order valence-corrected chi connectivity index (χ1v) is 7.14. The molecule has 0 amide bonds. The van der Waals surface area contributed by atoms with E-state index >= 15 is 0 Å². The Morgan fingerprint density at radius 3 is 2.33 bits per heavy atom. The van der Waals surface area contributed by atoms with Gasteiger partial charge in [0.25, 0.3) is 0 Å². The average Bonchev–Trinajstić information content (AvgIpc) is 2.49. The van der Waals surface area contributed by atoms with Crippen LogP contribution in [-0.4, -0.2) is 35.6 Å². The zero-order valence-corrected chi connectivity index (χ0v) is 11.9.